The molecule has 0 saturated heterocycles. The molecule has 2 saturated carbocycles. The number of benzene rings is 1. The van der Waals surface area contributed by atoms with Crippen LogP contribution in [0.15, 0.2) is 18.2 Å². The summed E-state index contributed by atoms with van der Waals surface area (Å²) in [6.45, 7) is 1.43. The second-order valence-electron chi connectivity index (χ2n) is 9.47. The highest BCUT2D eigenvalue weighted by Gasteiger charge is 2.71. The maximum Gasteiger partial charge on any atom is 0.235 e. The Bertz CT molecular complexity index is 1050. The molecule has 2 fully saturated rings. The van der Waals surface area contributed by atoms with Crippen LogP contribution in [0.4, 0.5) is 0 Å². The van der Waals surface area contributed by atoms with Crippen LogP contribution in [0.5, 0.6) is 5.75 Å². The van der Waals surface area contributed by atoms with Crippen LogP contribution in [0.3, 0.4) is 0 Å². The van der Waals surface area contributed by atoms with E-state index >= 15 is 0 Å². The molecule has 10 nitrogen and oxygen atoms in total. The third-order valence-electron chi connectivity index (χ3n) is 7.61. The van der Waals surface area contributed by atoms with Crippen molar-refractivity contribution in [2.75, 3.05) is 14.1 Å². The van der Waals surface area contributed by atoms with E-state index in [9.17, 15) is 39.6 Å². The van der Waals surface area contributed by atoms with Gasteiger partial charge in [0.1, 0.15) is 11.9 Å². The summed E-state index contributed by atoms with van der Waals surface area (Å²) in [6, 6.07) is 3.05. The Morgan fingerprint density at radius 3 is 2.34 bits per heavy atom. The first kappa shape index (κ1) is 22.5. The van der Waals surface area contributed by atoms with Crippen molar-refractivity contribution in [2.45, 2.75) is 36.7 Å². The number of phenols is 1. The quantitative estimate of drug-likeness (QED) is 0.332. The summed E-state index contributed by atoms with van der Waals surface area (Å²) in [5.74, 6) is -10.1. The van der Waals surface area contributed by atoms with Crippen molar-refractivity contribution in [2.24, 2.45) is 29.4 Å². The van der Waals surface area contributed by atoms with Crippen molar-refractivity contribution >= 4 is 23.3 Å². The summed E-state index contributed by atoms with van der Waals surface area (Å²) in [4.78, 5) is 53.0. The van der Waals surface area contributed by atoms with Gasteiger partial charge in [-0.15, -0.1) is 0 Å². The summed E-state index contributed by atoms with van der Waals surface area (Å²) >= 11 is 0. The van der Waals surface area contributed by atoms with Gasteiger partial charge < -0.3 is 26.2 Å². The van der Waals surface area contributed by atoms with Gasteiger partial charge in [0, 0.05) is 11.8 Å². The highest BCUT2D eigenvalue weighted by Crippen LogP contribution is 2.56. The Morgan fingerprint density at radius 1 is 1.16 bits per heavy atom. The second-order valence-corrected chi connectivity index (χ2v) is 9.47. The molecule has 8 atom stereocenters. The number of aromatic hydroxyl groups is 1. The number of nitrogens with two attached hydrogens (primary N) is 1. The van der Waals surface area contributed by atoms with Gasteiger partial charge in [-0.3, -0.25) is 24.1 Å². The zero-order valence-electron chi connectivity index (χ0n) is 17.8. The fraction of sp³-hybridized carbons (Fsp3) is 0.545. The number of carbonyl (C=O) groups excluding carboxylic acids is 4. The molecule has 0 bridgehead atoms. The van der Waals surface area contributed by atoms with Crippen LogP contribution in [-0.4, -0.2) is 80.4 Å². The molecule has 3 unspecified atom stereocenters. The van der Waals surface area contributed by atoms with Gasteiger partial charge in [-0.2, -0.15) is 0 Å². The Balaban J connectivity index is 1.94. The zero-order chi connectivity index (χ0) is 23.9. The normalized spacial score (nSPS) is 41.2. The van der Waals surface area contributed by atoms with Crippen molar-refractivity contribution in [1.29, 1.82) is 0 Å². The fourth-order valence-corrected chi connectivity index (χ4v) is 6.12. The van der Waals surface area contributed by atoms with E-state index in [-0.39, 0.29) is 17.5 Å². The molecule has 0 aliphatic heterocycles. The van der Waals surface area contributed by atoms with E-state index in [0.29, 0.717) is 0 Å². The first-order valence-corrected chi connectivity index (χ1v) is 10.3. The minimum absolute atomic E-state index is 0.159. The smallest absolute Gasteiger partial charge is 0.235 e. The van der Waals surface area contributed by atoms with E-state index in [1.807, 2.05) is 0 Å². The number of carbonyl (C=O) groups is 4. The monoisotopic (exact) mass is 446 g/mol. The number of amides is 1. The minimum Gasteiger partial charge on any atom is -0.507 e. The lowest BCUT2D eigenvalue weighted by Gasteiger charge is -2.58. The van der Waals surface area contributed by atoms with E-state index in [2.05, 4.69) is 0 Å². The van der Waals surface area contributed by atoms with Gasteiger partial charge in [-0.1, -0.05) is 12.1 Å². The number of primary amides is 1. The lowest BCUT2D eigenvalue weighted by atomic mass is 9.49. The molecular formula is C22H26N2O8. The maximum absolute atomic E-state index is 13.4. The van der Waals surface area contributed by atoms with Crippen LogP contribution in [0.2, 0.25) is 0 Å². The van der Waals surface area contributed by atoms with Crippen LogP contribution in [-0.2, 0) is 20.0 Å². The number of hydrogen-bond acceptors (Lipinski definition) is 9. The number of fused-ring (bicyclic) bond motifs is 3. The molecule has 32 heavy (non-hydrogen) atoms. The standard InChI is InChI=1S/C22H26N2O8/c1-21(31)8-5-4-6-11(25)12(8)16(26)13-9(21)7-10-15(24(2)3)17(27)14(20(23)30)19(29)22(10,32)18(13)28/h4-6,9-10,13-15,18,25,28,31-32H,7H2,1-3H3,(H2,23,30)/t9-,10-,13?,14?,15-,18?,21+,22-/m0/s1. The van der Waals surface area contributed by atoms with Crippen LogP contribution >= 0.6 is 0 Å². The fourth-order valence-electron chi connectivity index (χ4n) is 6.12. The molecule has 6 N–H and O–H groups in total. The summed E-state index contributed by atoms with van der Waals surface area (Å²) in [7, 11) is 3.04. The second kappa shape index (κ2) is 6.92. The molecule has 3 aliphatic rings. The number of nitrogens with zero attached hydrogens (tertiary/aromatic N) is 1. The Hall–Kier alpha value is -2.66. The van der Waals surface area contributed by atoms with Crippen LogP contribution in [0.25, 0.3) is 0 Å². The third-order valence-corrected chi connectivity index (χ3v) is 7.61. The summed E-state index contributed by atoms with van der Waals surface area (Å²) < 4.78 is 0. The molecule has 3 aliphatic carbocycles. The number of ketones is 3. The lowest BCUT2D eigenvalue weighted by molar-refractivity contribution is -0.216. The van der Waals surface area contributed by atoms with Crippen molar-refractivity contribution in [3.05, 3.63) is 29.3 Å². The van der Waals surface area contributed by atoms with Crippen LogP contribution in [0, 0.1) is 23.7 Å². The number of phenolic OH excluding ortho intramolecular Hbond substituents is 1. The van der Waals surface area contributed by atoms with Crippen molar-refractivity contribution in [1.82, 2.24) is 4.90 Å². The molecule has 0 radical (unpaired) electrons. The van der Waals surface area contributed by atoms with Gasteiger partial charge in [0.2, 0.25) is 5.91 Å². The number of rotatable bonds is 2. The molecule has 0 heterocycles. The SMILES string of the molecule is CN(C)[C@@H]1C(=O)C(C(N)=O)C(=O)[C@@]2(O)C(O)C3C(=O)c4c(O)cccc4[C@@](C)(O)[C@H]3C[C@@H]12. The largest absolute Gasteiger partial charge is 0.507 e. The van der Waals surface area contributed by atoms with E-state index in [1.165, 1.54) is 44.1 Å². The van der Waals surface area contributed by atoms with Crippen molar-refractivity contribution in [3.63, 3.8) is 0 Å². The molecule has 172 valence electrons. The Morgan fingerprint density at radius 2 is 1.78 bits per heavy atom. The molecule has 0 spiro atoms. The van der Waals surface area contributed by atoms with Gasteiger partial charge in [0.25, 0.3) is 0 Å². The van der Waals surface area contributed by atoms with Crippen LogP contribution < -0.4 is 5.73 Å². The average molecular weight is 446 g/mol. The molecule has 4 rings (SSSR count). The van der Waals surface area contributed by atoms with Crippen molar-refractivity contribution < 1.29 is 39.6 Å². The summed E-state index contributed by atoms with van der Waals surface area (Å²) in [6.07, 6.45) is -2.21. The number of Topliss-reactive ketones (excluding diaryl/α,β-unsaturated/α-hetero) is 3. The van der Waals surface area contributed by atoms with E-state index in [1.54, 1.807) is 0 Å². The highest BCUT2D eigenvalue weighted by atomic mass is 16.4. The predicted molar refractivity (Wildman–Crippen MR) is 108 cm³/mol. The zero-order valence-corrected chi connectivity index (χ0v) is 17.8. The van der Waals surface area contributed by atoms with E-state index in [4.69, 9.17) is 5.73 Å². The van der Waals surface area contributed by atoms with E-state index < -0.39 is 76.0 Å². The van der Waals surface area contributed by atoms with E-state index in [0.717, 1.165) is 0 Å². The van der Waals surface area contributed by atoms with Crippen molar-refractivity contribution in [3.8, 4) is 5.75 Å². The Labute approximate surface area is 183 Å². The maximum atomic E-state index is 13.4. The molecule has 1 aromatic rings. The van der Waals surface area contributed by atoms with Gasteiger partial charge in [-0.05, 0) is 39.1 Å². The molecule has 1 aromatic carbocycles. The molecular weight excluding hydrogens is 420 g/mol. The predicted octanol–water partition coefficient (Wildman–Crippen LogP) is -1.68. The average Bonchev–Trinajstić information content (AvgIpc) is 2.68. The number of likely N-dealkylation sites (N-methyl/N-ethyl adjacent to an activating group) is 1. The molecule has 0 aromatic heterocycles. The summed E-state index contributed by atoms with van der Waals surface area (Å²) in [5, 5.41) is 44.5. The van der Waals surface area contributed by atoms with Crippen LogP contribution in [0.1, 0.15) is 29.3 Å². The first-order valence-electron chi connectivity index (χ1n) is 10.3. The van der Waals surface area contributed by atoms with Gasteiger partial charge in [-0.25, -0.2) is 0 Å². The third kappa shape index (κ3) is 2.60. The number of aliphatic hydroxyl groups excluding tert-OH is 1. The lowest BCUT2D eigenvalue weighted by Crippen LogP contribution is -2.76. The first-order chi connectivity index (χ1) is 14.8. The minimum atomic E-state index is -2.63. The Kier molecular flexibility index (Phi) is 4.87. The molecule has 10 heteroatoms. The topological polar surface area (TPSA) is 178 Å². The number of hydrogen-bond donors (Lipinski definition) is 5. The van der Waals surface area contributed by atoms with Gasteiger partial charge >= 0.3 is 0 Å². The van der Waals surface area contributed by atoms with Gasteiger partial charge in [0.15, 0.2) is 28.9 Å². The summed E-state index contributed by atoms with van der Waals surface area (Å²) in [5.41, 5.74) is 0.898. The highest BCUT2D eigenvalue weighted by molar-refractivity contribution is 6.24. The van der Waals surface area contributed by atoms with Gasteiger partial charge in [0.05, 0.1) is 23.1 Å². The number of aliphatic hydroxyl groups is 3. The molecule has 1 amide bonds.